The highest BCUT2D eigenvalue weighted by atomic mass is 35.5. The van der Waals surface area contributed by atoms with Crippen molar-refractivity contribution in [1.29, 1.82) is 0 Å². The van der Waals surface area contributed by atoms with E-state index in [1.54, 1.807) is 30.3 Å². The van der Waals surface area contributed by atoms with Crippen molar-refractivity contribution < 1.29 is 9.13 Å². The van der Waals surface area contributed by atoms with Gasteiger partial charge in [-0.15, -0.1) is 0 Å². The zero-order valence-corrected chi connectivity index (χ0v) is 13.1. The molecule has 0 amide bonds. The first-order chi connectivity index (χ1) is 9.97. The Hall–Kier alpha value is -1.29. The summed E-state index contributed by atoms with van der Waals surface area (Å²) >= 11 is 12.1. The normalized spacial score (nSPS) is 12.2. The molecule has 0 aliphatic rings. The van der Waals surface area contributed by atoms with Crippen molar-refractivity contribution in [2.24, 2.45) is 5.73 Å². The summed E-state index contributed by atoms with van der Waals surface area (Å²) in [5, 5.41) is 0.993. The first-order valence-electron chi connectivity index (χ1n) is 6.57. The van der Waals surface area contributed by atoms with Crippen LogP contribution >= 0.6 is 23.2 Å². The summed E-state index contributed by atoms with van der Waals surface area (Å²) in [6.07, 6.45) is 0.619. The number of hydrogen-bond acceptors (Lipinski definition) is 2. The first kappa shape index (κ1) is 16.1. The van der Waals surface area contributed by atoms with E-state index in [0.29, 0.717) is 22.0 Å². The van der Waals surface area contributed by atoms with Gasteiger partial charge in [0.25, 0.3) is 0 Å². The molecule has 0 bridgehead atoms. The van der Waals surface area contributed by atoms with Gasteiger partial charge in [0.05, 0.1) is 0 Å². The Balaban J connectivity index is 2.10. The van der Waals surface area contributed by atoms with Crippen LogP contribution in [0.3, 0.4) is 0 Å². The van der Waals surface area contributed by atoms with Gasteiger partial charge in [-0.25, -0.2) is 4.39 Å². The number of halogens is 3. The molecule has 2 aromatic carbocycles. The summed E-state index contributed by atoms with van der Waals surface area (Å²) in [4.78, 5) is 0. The molecule has 2 nitrogen and oxygen atoms in total. The van der Waals surface area contributed by atoms with Gasteiger partial charge in [0.2, 0.25) is 0 Å². The van der Waals surface area contributed by atoms with Crippen LogP contribution in [0, 0.1) is 5.82 Å². The highest BCUT2D eigenvalue weighted by Crippen LogP contribution is 2.27. The third-order valence-electron chi connectivity index (χ3n) is 2.99. The van der Waals surface area contributed by atoms with Gasteiger partial charge in [-0.05, 0) is 43.2 Å². The minimum atomic E-state index is -0.420. The second-order valence-corrected chi connectivity index (χ2v) is 5.75. The smallest absolute Gasteiger partial charge is 0.165 e. The molecule has 2 N–H and O–H groups in total. The topological polar surface area (TPSA) is 35.2 Å². The van der Waals surface area contributed by atoms with Crippen LogP contribution in [-0.2, 0) is 13.0 Å². The zero-order valence-electron chi connectivity index (χ0n) is 11.6. The van der Waals surface area contributed by atoms with Crippen molar-refractivity contribution in [2.75, 3.05) is 0 Å². The molecular weight excluding hydrogens is 312 g/mol. The van der Waals surface area contributed by atoms with Crippen LogP contribution in [0.1, 0.15) is 18.1 Å². The van der Waals surface area contributed by atoms with Gasteiger partial charge in [0, 0.05) is 21.7 Å². The second kappa shape index (κ2) is 7.12. The molecule has 0 radical (unpaired) electrons. The quantitative estimate of drug-likeness (QED) is 0.870. The molecule has 112 valence electrons. The molecule has 2 aromatic rings. The molecule has 1 atom stereocenters. The highest BCUT2D eigenvalue weighted by Gasteiger charge is 2.10. The summed E-state index contributed by atoms with van der Waals surface area (Å²) in [6.45, 7) is 1.99. The predicted molar refractivity (Wildman–Crippen MR) is 84.5 cm³/mol. The van der Waals surface area contributed by atoms with Crippen molar-refractivity contribution in [3.05, 3.63) is 63.4 Å². The van der Waals surface area contributed by atoms with Gasteiger partial charge in [-0.2, -0.15) is 0 Å². The maximum absolute atomic E-state index is 14.0. The van der Waals surface area contributed by atoms with Gasteiger partial charge in [0.1, 0.15) is 6.61 Å². The molecule has 0 aliphatic carbocycles. The summed E-state index contributed by atoms with van der Waals surface area (Å²) in [6, 6.07) is 10.00. The number of benzene rings is 2. The molecule has 0 heterocycles. The monoisotopic (exact) mass is 327 g/mol. The fourth-order valence-corrected chi connectivity index (χ4v) is 2.49. The second-order valence-electron chi connectivity index (χ2n) is 4.94. The number of hydrogen-bond donors (Lipinski definition) is 1. The third kappa shape index (κ3) is 4.34. The van der Waals surface area contributed by atoms with E-state index in [4.69, 9.17) is 33.7 Å². The summed E-state index contributed by atoms with van der Waals surface area (Å²) in [5.41, 5.74) is 7.17. The predicted octanol–water partition coefficient (Wildman–Crippen LogP) is 4.60. The van der Waals surface area contributed by atoms with Gasteiger partial charge in [0.15, 0.2) is 11.6 Å². The van der Waals surface area contributed by atoms with Crippen LogP contribution in [0.25, 0.3) is 0 Å². The average molecular weight is 328 g/mol. The van der Waals surface area contributed by atoms with Crippen LogP contribution in [0.2, 0.25) is 10.0 Å². The highest BCUT2D eigenvalue weighted by molar-refractivity contribution is 6.35. The maximum Gasteiger partial charge on any atom is 0.165 e. The van der Waals surface area contributed by atoms with E-state index in [9.17, 15) is 4.39 Å². The Morgan fingerprint density at radius 2 is 1.86 bits per heavy atom. The van der Waals surface area contributed by atoms with Crippen LogP contribution in [-0.4, -0.2) is 6.04 Å². The van der Waals surface area contributed by atoms with Crippen molar-refractivity contribution in [1.82, 2.24) is 0 Å². The minimum Gasteiger partial charge on any atom is -0.486 e. The van der Waals surface area contributed by atoms with E-state index in [0.717, 1.165) is 5.56 Å². The Morgan fingerprint density at radius 3 is 2.43 bits per heavy atom. The lowest BCUT2D eigenvalue weighted by molar-refractivity contribution is 0.290. The van der Waals surface area contributed by atoms with Crippen LogP contribution in [0.4, 0.5) is 4.39 Å². The SMILES string of the molecule is CC(N)Cc1ccc(OCc2c(Cl)cccc2Cl)c(F)c1. The Morgan fingerprint density at radius 1 is 1.19 bits per heavy atom. The Labute approximate surface area is 133 Å². The molecule has 0 spiro atoms. The zero-order chi connectivity index (χ0) is 15.4. The molecule has 5 heteroatoms. The van der Waals surface area contributed by atoms with E-state index in [-0.39, 0.29) is 18.4 Å². The van der Waals surface area contributed by atoms with E-state index >= 15 is 0 Å². The molecular formula is C16H16Cl2FNO. The van der Waals surface area contributed by atoms with Gasteiger partial charge >= 0.3 is 0 Å². The van der Waals surface area contributed by atoms with E-state index in [1.165, 1.54) is 6.07 Å². The van der Waals surface area contributed by atoms with E-state index in [1.807, 2.05) is 6.92 Å². The molecule has 0 fully saturated rings. The molecule has 0 saturated heterocycles. The lowest BCUT2D eigenvalue weighted by atomic mass is 10.1. The van der Waals surface area contributed by atoms with Crippen LogP contribution in [0.15, 0.2) is 36.4 Å². The summed E-state index contributed by atoms with van der Waals surface area (Å²) in [5.74, 6) is -0.254. The number of rotatable bonds is 5. The lowest BCUT2D eigenvalue weighted by Crippen LogP contribution is -2.17. The Kier molecular flexibility index (Phi) is 5.45. The molecule has 0 saturated carbocycles. The van der Waals surface area contributed by atoms with Crippen LogP contribution in [0.5, 0.6) is 5.75 Å². The van der Waals surface area contributed by atoms with E-state index in [2.05, 4.69) is 0 Å². The molecule has 1 unspecified atom stereocenters. The maximum atomic E-state index is 14.0. The van der Waals surface area contributed by atoms with Gasteiger partial charge < -0.3 is 10.5 Å². The fraction of sp³-hybridized carbons (Fsp3) is 0.250. The van der Waals surface area contributed by atoms with Crippen LogP contribution < -0.4 is 10.5 Å². The summed E-state index contributed by atoms with van der Waals surface area (Å²) < 4.78 is 19.4. The average Bonchev–Trinajstić information content (AvgIpc) is 2.39. The van der Waals surface area contributed by atoms with E-state index < -0.39 is 5.82 Å². The van der Waals surface area contributed by atoms with Crippen molar-refractivity contribution in [3.8, 4) is 5.75 Å². The van der Waals surface area contributed by atoms with Gasteiger partial charge in [-0.1, -0.05) is 35.3 Å². The Bertz CT molecular complexity index is 611. The molecule has 21 heavy (non-hydrogen) atoms. The standard InChI is InChI=1S/C16H16Cl2FNO/c1-10(20)7-11-5-6-16(15(19)8-11)21-9-12-13(17)3-2-4-14(12)18/h2-6,8,10H,7,9,20H2,1H3. The first-order valence-corrected chi connectivity index (χ1v) is 7.32. The van der Waals surface area contributed by atoms with Crippen molar-refractivity contribution >= 4 is 23.2 Å². The minimum absolute atomic E-state index is 0.0156. The van der Waals surface area contributed by atoms with Crippen molar-refractivity contribution in [2.45, 2.75) is 26.0 Å². The van der Waals surface area contributed by atoms with Crippen molar-refractivity contribution in [3.63, 3.8) is 0 Å². The number of nitrogens with two attached hydrogens (primary N) is 1. The van der Waals surface area contributed by atoms with Gasteiger partial charge in [-0.3, -0.25) is 0 Å². The largest absolute Gasteiger partial charge is 0.486 e. The molecule has 0 aliphatic heterocycles. The summed E-state index contributed by atoms with van der Waals surface area (Å²) in [7, 11) is 0. The molecule has 0 aromatic heterocycles. The molecule has 2 rings (SSSR count). The number of ether oxygens (including phenoxy) is 1. The fourth-order valence-electron chi connectivity index (χ4n) is 1.98. The lowest BCUT2D eigenvalue weighted by Gasteiger charge is -2.11. The third-order valence-corrected chi connectivity index (χ3v) is 3.70.